The Morgan fingerprint density at radius 2 is 2.20 bits per heavy atom. The largest absolute Gasteiger partial charge is 0.311 e. The molecule has 1 N–H and O–H groups in total. The standard InChI is InChI=1S/C13H21NS/c1-4-10-6-7-13(15-10)11-8-9(3)14-12(11)5-2/h6-7,9,11-12,14H,4-5,8H2,1-3H3. The van der Waals surface area contributed by atoms with Gasteiger partial charge in [0, 0.05) is 27.8 Å². The van der Waals surface area contributed by atoms with Crippen molar-refractivity contribution in [2.75, 3.05) is 0 Å². The summed E-state index contributed by atoms with van der Waals surface area (Å²) >= 11 is 2.01. The average molecular weight is 223 g/mol. The first-order valence-electron chi connectivity index (χ1n) is 6.09. The van der Waals surface area contributed by atoms with E-state index in [1.165, 1.54) is 24.1 Å². The zero-order chi connectivity index (χ0) is 10.8. The van der Waals surface area contributed by atoms with Crippen LogP contribution in [0.2, 0.25) is 0 Å². The number of nitrogens with one attached hydrogen (secondary N) is 1. The van der Waals surface area contributed by atoms with Gasteiger partial charge in [0.05, 0.1) is 0 Å². The number of aryl methyl sites for hydroxylation is 1. The minimum atomic E-state index is 0.687. The van der Waals surface area contributed by atoms with Crippen LogP contribution in [0.4, 0.5) is 0 Å². The molecule has 2 heterocycles. The van der Waals surface area contributed by atoms with Gasteiger partial charge in [0.25, 0.3) is 0 Å². The van der Waals surface area contributed by atoms with Gasteiger partial charge in [-0.15, -0.1) is 11.3 Å². The molecule has 0 radical (unpaired) electrons. The van der Waals surface area contributed by atoms with Gasteiger partial charge in [-0.3, -0.25) is 0 Å². The van der Waals surface area contributed by atoms with Gasteiger partial charge in [-0.25, -0.2) is 0 Å². The first kappa shape index (κ1) is 11.2. The van der Waals surface area contributed by atoms with Gasteiger partial charge < -0.3 is 5.32 Å². The summed E-state index contributed by atoms with van der Waals surface area (Å²) in [5.74, 6) is 0.760. The minimum absolute atomic E-state index is 0.687. The third-order valence-electron chi connectivity index (χ3n) is 3.43. The monoisotopic (exact) mass is 223 g/mol. The molecular weight excluding hydrogens is 202 g/mol. The summed E-state index contributed by atoms with van der Waals surface area (Å²) in [5.41, 5.74) is 0. The fourth-order valence-electron chi connectivity index (χ4n) is 2.60. The fraction of sp³-hybridized carbons (Fsp3) is 0.692. The molecule has 0 bridgehead atoms. The molecule has 1 aromatic heterocycles. The van der Waals surface area contributed by atoms with E-state index in [1.54, 1.807) is 4.88 Å². The second-order valence-electron chi connectivity index (χ2n) is 4.58. The lowest BCUT2D eigenvalue weighted by atomic mass is 9.96. The van der Waals surface area contributed by atoms with Crippen molar-refractivity contribution in [3.8, 4) is 0 Å². The van der Waals surface area contributed by atoms with Gasteiger partial charge in [0.15, 0.2) is 0 Å². The molecule has 3 unspecified atom stereocenters. The molecule has 1 nitrogen and oxygen atoms in total. The number of rotatable bonds is 3. The van der Waals surface area contributed by atoms with Crippen molar-refractivity contribution in [2.24, 2.45) is 0 Å². The topological polar surface area (TPSA) is 12.0 Å². The van der Waals surface area contributed by atoms with Crippen molar-refractivity contribution in [3.63, 3.8) is 0 Å². The smallest absolute Gasteiger partial charge is 0.0144 e. The van der Waals surface area contributed by atoms with E-state index in [4.69, 9.17) is 0 Å². The van der Waals surface area contributed by atoms with Crippen molar-refractivity contribution in [3.05, 3.63) is 21.9 Å². The number of hydrogen-bond acceptors (Lipinski definition) is 2. The number of hydrogen-bond donors (Lipinski definition) is 1. The Kier molecular flexibility index (Phi) is 3.47. The third kappa shape index (κ3) is 2.26. The van der Waals surface area contributed by atoms with E-state index >= 15 is 0 Å². The van der Waals surface area contributed by atoms with Gasteiger partial charge in [0.1, 0.15) is 0 Å². The van der Waals surface area contributed by atoms with Gasteiger partial charge in [-0.05, 0) is 38.3 Å². The SMILES string of the molecule is CCc1ccc(C2CC(C)NC2CC)s1. The summed E-state index contributed by atoms with van der Waals surface area (Å²) in [5, 5.41) is 3.69. The Balaban J connectivity index is 2.15. The highest BCUT2D eigenvalue weighted by Gasteiger charge is 2.31. The normalized spacial score (nSPS) is 31.0. The molecule has 84 valence electrons. The quantitative estimate of drug-likeness (QED) is 0.826. The van der Waals surface area contributed by atoms with Crippen LogP contribution in [-0.4, -0.2) is 12.1 Å². The first-order valence-corrected chi connectivity index (χ1v) is 6.90. The highest BCUT2D eigenvalue weighted by Crippen LogP contribution is 2.36. The molecule has 15 heavy (non-hydrogen) atoms. The second kappa shape index (κ2) is 4.67. The maximum atomic E-state index is 3.69. The van der Waals surface area contributed by atoms with E-state index in [2.05, 4.69) is 38.2 Å². The molecule has 0 aliphatic carbocycles. The van der Waals surface area contributed by atoms with Crippen LogP contribution in [0.3, 0.4) is 0 Å². The van der Waals surface area contributed by atoms with Crippen LogP contribution in [0.1, 0.15) is 49.3 Å². The Labute approximate surface area is 96.9 Å². The minimum Gasteiger partial charge on any atom is -0.311 e. The van der Waals surface area contributed by atoms with E-state index in [0.717, 1.165) is 5.92 Å². The molecule has 0 amide bonds. The Morgan fingerprint density at radius 1 is 1.40 bits per heavy atom. The van der Waals surface area contributed by atoms with Crippen molar-refractivity contribution < 1.29 is 0 Å². The summed E-state index contributed by atoms with van der Waals surface area (Å²) < 4.78 is 0. The van der Waals surface area contributed by atoms with Crippen LogP contribution < -0.4 is 5.32 Å². The van der Waals surface area contributed by atoms with Gasteiger partial charge in [0.2, 0.25) is 0 Å². The van der Waals surface area contributed by atoms with Crippen LogP contribution in [0.5, 0.6) is 0 Å². The summed E-state index contributed by atoms with van der Waals surface area (Å²) in [6, 6.07) is 6.03. The van der Waals surface area contributed by atoms with Crippen LogP contribution in [0.15, 0.2) is 12.1 Å². The lowest BCUT2D eigenvalue weighted by molar-refractivity contribution is 0.521. The highest BCUT2D eigenvalue weighted by molar-refractivity contribution is 7.12. The fourth-order valence-corrected chi connectivity index (χ4v) is 3.73. The zero-order valence-electron chi connectivity index (χ0n) is 9.92. The maximum Gasteiger partial charge on any atom is 0.0144 e. The Hall–Kier alpha value is -0.340. The Morgan fingerprint density at radius 3 is 2.80 bits per heavy atom. The van der Waals surface area contributed by atoms with Crippen LogP contribution in [0, 0.1) is 0 Å². The summed E-state index contributed by atoms with van der Waals surface area (Å²) in [4.78, 5) is 3.12. The van der Waals surface area contributed by atoms with Crippen molar-refractivity contribution in [2.45, 2.75) is 58.0 Å². The van der Waals surface area contributed by atoms with E-state index in [-0.39, 0.29) is 0 Å². The third-order valence-corrected chi connectivity index (χ3v) is 4.79. The maximum absolute atomic E-state index is 3.69. The first-order chi connectivity index (χ1) is 7.24. The second-order valence-corrected chi connectivity index (χ2v) is 5.78. The Bertz CT molecular complexity index is 318. The van der Waals surface area contributed by atoms with Crippen LogP contribution in [-0.2, 0) is 6.42 Å². The molecule has 1 fully saturated rings. The van der Waals surface area contributed by atoms with Gasteiger partial charge in [-0.2, -0.15) is 0 Å². The summed E-state index contributed by atoms with van der Waals surface area (Å²) in [7, 11) is 0. The average Bonchev–Trinajstić information content (AvgIpc) is 2.82. The predicted molar refractivity (Wildman–Crippen MR) is 67.7 cm³/mol. The van der Waals surface area contributed by atoms with Crippen LogP contribution in [0.25, 0.3) is 0 Å². The lowest BCUT2D eigenvalue weighted by Gasteiger charge is -2.15. The molecule has 1 saturated heterocycles. The molecule has 1 aliphatic rings. The van der Waals surface area contributed by atoms with Crippen molar-refractivity contribution in [1.29, 1.82) is 0 Å². The van der Waals surface area contributed by atoms with Gasteiger partial charge in [-0.1, -0.05) is 13.8 Å². The predicted octanol–water partition coefficient (Wildman–Crippen LogP) is 3.55. The number of thiophene rings is 1. The zero-order valence-corrected chi connectivity index (χ0v) is 10.7. The summed E-state index contributed by atoms with van der Waals surface area (Å²) in [6.07, 6.45) is 3.73. The lowest BCUT2D eigenvalue weighted by Crippen LogP contribution is -2.28. The molecule has 0 spiro atoms. The van der Waals surface area contributed by atoms with Gasteiger partial charge >= 0.3 is 0 Å². The molecule has 0 saturated carbocycles. The van der Waals surface area contributed by atoms with Crippen molar-refractivity contribution >= 4 is 11.3 Å². The van der Waals surface area contributed by atoms with E-state index in [1.807, 2.05) is 11.3 Å². The molecule has 2 rings (SSSR count). The van der Waals surface area contributed by atoms with E-state index in [0.29, 0.717) is 12.1 Å². The molecule has 2 heteroatoms. The highest BCUT2D eigenvalue weighted by atomic mass is 32.1. The molecule has 0 aromatic carbocycles. The van der Waals surface area contributed by atoms with Crippen molar-refractivity contribution in [1.82, 2.24) is 5.32 Å². The molecule has 1 aromatic rings. The molecule has 1 aliphatic heterocycles. The van der Waals surface area contributed by atoms with E-state index in [9.17, 15) is 0 Å². The summed E-state index contributed by atoms with van der Waals surface area (Å²) in [6.45, 7) is 6.83. The molecule has 3 atom stereocenters. The van der Waals surface area contributed by atoms with Crippen LogP contribution >= 0.6 is 11.3 Å². The van der Waals surface area contributed by atoms with E-state index < -0.39 is 0 Å². The molecular formula is C13H21NS.